The summed E-state index contributed by atoms with van der Waals surface area (Å²) in [6.07, 6.45) is 2.68. The van der Waals surface area contributed by atoms with Gasteiger partial charge in [-0.3, -0.25) is 4.79 Å². The summed E-state index contributed by atoms with van der Waals surface area (Å²) in [5, 5.41) is 10.5. The number of nitrogens with one attached hydrogen (secondary N) is 1. The Morgan fingerprint density at radius 1 is 1.14 bits per heavy atom. The van der Waals surface area contributed by atoms with Gasteiger partial charge in [0.15, 0.2) is 0 Å². The van der Waals surface area contributed by atoms with Gasteiger partial charge in [0.25, 0.3) is 5.91 Å². The van der Waals surface area contributed by atoms with Gasteiger partial charge in [-0.15, -0.1) is 10.2 Å². The molecule has 3 aromatic rings. The minimum Gasteiger partial charge on any atom is -0.423 e. The second kappa shape index (κ2) is 5.72. The molecule has 6 nitrogen and oxygen atoms in total. The van der Waals surface area contributed by atoms with Gasteiger partial charge in [-0.2, -0.15) is 0 Å². The van der Waals surface area contributed by atoms with Crippen LogP contribution in [0.5, 0.6) is 0 Å². The van der Waals surface area contributed by atoms with E-state index in [9.17, 15) is 4.79 Å². The number of nitrogens with zero attached hydrogens (tertiary/aromatic N) is 3. The molecule has 0 aliphatic heterocycles. The Balaban J connectivity index is 1.73. The van der Waals surface area contributed by atoms with E-state index in [2.05, 4.69) is 20.5 Å². The fourth-order valence-electron chi connectivity index (χ4n) is 1.71. The van der Waals surface area contributed by atoms with E-state index in [4.69, 9.17) is 16.0 Å². The van der Waals surface area contributed by atoms with Crippen LogP contribution in [0, 0.1) is 0 Å². The summed E-state index contributed by atoms with van der Waals surface area (Å²) in [6.45, 7) is 0. The normalized spacial score (nSPS) is 10.3. The van der Waals surface area contributed by atoms with Gasteiger partial charge in [0, 0.05) is 17.4 Å². The molecule has 0 saturated carbocycles. The third-order valence-electron chi connectivity index (χ3n) is 2.74. The summed E-state index contributed by atoms with van der Waals surface area (Å²) in [5.41, 5.74) is 1.86. The monoisotopic (exact) mass is 300 g/mol. The molecule has 104 valence electrons. The van der Waals surface area contributed by atoms with Crippen molar-refractivity contribution >= 4 is 23.2 Å². The summed E-state index contributed by atoms with van der Waals surface area (Å²) >= 11 is 5.68. The summed E-state index contributed by atoms with van der Waals surface area (Å²) in [6, 6.07) is 10.2. The third-order valence-corrected chi connectivity index (χ3v) is 2.96. The van der Waals surface area contributed by atoms with E-state index in [1.54, 1.807) is 36.4 Å². The van der Waals surface area contributed by atoms with Gasteiger partial charge in [-0.05, 0) is 36.4 Å². The highest BCUT2D eigenvalue weighted by Gasteiger charge is 2.08. The van der Waals surface area contributed by atoms with E-state index >= 15 is 0 Å². The van der Waals surface area contributed by atoms with E-state index in [0.29, 0.717) is 22.3 Å². The van der Waals surface area contributed by atoms with Crippen molar-refractivity contribution in [3.63, 3.8) is 0 Å². The second-order valence-electron chi connectivity index (χ2n) is 4.14. The van der Waals surface area contributed by atoms with Crippen molar-refractivity contribution in [2.45, 2.75) is 0 Å². The summed E-state index contributed by atoms with van der Waals surface area (Å²) < 4.78 is 5.09. The first-order valence-electron chi connectivity index (χ1n) is 6.02. The molecule has 1 amide bonds. The zero-order chi connectivity index (χ0) is 14.7. The van der Waals surface area contributed by atoms with Gasteiger partial charge in [-0.1, -0.05) is 11.6 Å². The number of carbonyl (C=O) groups is 1. The predicted octanol–water partition coefficient (Wildman–Crippen LogP) is 3.04. The maximum absolute atomic E-state index is 12.0. The van der Waals surface area contributed by atoms with Gasteiger partial charge in [0.05, 0.1) is 5.56 Å². The molecular formula is C14H9ClN4O2. The minimum atomic E-state index is -0.260. The van der Waals surface area contributed by atoms with Crippen LogP contribution in [0.4, 0.5) is 5.69 Å². The number of pyridine rings is 1. The zero-order valence-corrected chi connectivity index (χ0v) is 11.4. The van der Waals surface area contributed by atoms with Crippen molar-refractivity contribution in [3.05, 3.63) is 59.7 Å². The Morgan fingerprint density at radius 3 is 2.57 bits per heavy atom. The number of halogens is 1. The quantitative estimate of drug-likeness (QED) is 0.752. The number of aromatic nitrogens is 3. The fraction of sp³-hybridized carbons (Fsp3) is 0. The van der Waals surface area contributed by atoms with Crippen LogP contribution in [-0.2, 0) is 0 Å². The largest absolute Gasteiger partial charge is 0.423 e. The SMILES string of the molecule is O=C(Nc1ccc(-c2nnco2)cc1)c1ccc(Cl)nc1. The number of anilines is 1. The number of rotatable bonds is 3. The number of carbonyl (C=O) groups excluding carboxylic acids is 1. The van der Waals surface area contributed by atoms with Crippen molar-refractivity contribution in [3.8, 4) is 11.5 Å². The van der Waals surface area contributed by atoms with Gasteiger partial charge in [0.1, 0.15) is 5.15 Å². The molecule has 0 bridgehead atoms. The van der Waals surface area contributed by atoms with Crippen molar-refractivity contribution in [1.82, 2.24) is 15.2 Å². The van der Waals surface area contributed by atoms with Gasteiger partial charge >= 0.3 is 0 Å². The zero-order valence-electron chi connectivity index (χ0n) is 10.7. The molecule has 0 spiro atoms. The van der Waals surface area contributed by atoms with Gasteiger partial charge in [0.2, 0.25) is 12.3 Å². The summed E-state index contributed by atoms with van der Waals surface area (Å²) in [5.74, 6) is 0.166. The van der Waals surface area contributed by atoms with E-state index in [1.807, 2.05) is 0 Å². The molecule has 1 N–H and O–H groups in total. The van der Waals surface area contributed by atoms with E-state index < -0.39 is 0 Å². The lowest BCUT2D eigenvalue weighted by Gasteiger charge is -2.05. The molecule has 2 heterocycles. The summed E-state index contributed by atoms with van der Waals surface area (Å²) in [4.78, 5) is 15.9. The smallest absolute Gasteiger partial charge is 0.257 e. The third kappa shape index (κ3) is 3.06. The van der Waals surface area contributed by atoms with Crippen LogP contribution in [0.2, 0.25) is 5.15 Å². The first kappa shape index (κ1) is 13.3. The Morgan fingerprint density at radius 2 is 1.95 bits per heavy atom. The Kier molecular flexibility index (Phi) is 3.61. The van der Waals surface area contributed by atoms with Crippen LogP contribution < -0.4 is 5.32 Å². The van der Waals surface area contributed by atoms with Crippen LogP contribution >= 0.6 is 11.6 Å². The van der Waals surface area contributed by atoms with Crippen molar-refractivity contribution in [2.75, 3.05) is 5.32 Å². The number of hydrogen-bond acceptors (Lipinski definition) is 5. The standard InChI is InChI=1S/C14H9ClN4O2/c15-12-6-3-10(7-16-12)13(20)18-11-4-1-9(2-5-11)14-19-17-8-21-14/h1-8H,(H,18,20). The molecule has 21 heavy (non-hydrogen) atoms. The Hall–Kier alpha value is -2.73. The lowest BCUT2D eigenvalue weighted by molar-refractivity contribution is 0.102. The van der Waals surface area contributed by atoms with Crippen LogP contribution in [0.15, 0.2) is 53.4 Å². The van der Waals surface area contributed by atoms with E-state index in [-0.39, 0.29) is 5.91 Å². The Bertz CT molecular complexity index is 740. The van der Waals surface area contributed by atoms with E-state index in [1.165, 1.54) is 12.6 Å². The summed E-state index contributed by atoms with van der Waals surface area (Å²) in [7, 11) is 0. The fourth-order valence-corrected chi connectivity index (χ4v) is 1.82. The molecule has 0 unspecified atom stereocenters. The maximum Gasteiger partial charge on any atom is 0.257 e. The molecule has 3 rings (SSSR count). The van der Waals surface area contributed by atoms with Crippen molar-refractivity contribution in [2.24, 2.45) is 0 Å². The van der Waals surface area contributed by atoms with Crippen LogP contribution in [0.3, 0.4) is 0 Å². The Labute approximate surface area is 124 Å². The second-order valence-corrected chi connectivity index (χ2v) is 4.53. The van der Waals surface area contributed by atoms with E-state index in [0.717, 1.165) is 5.56 Å². The molecule has 2 aromatic heterocycles. The average Bonchev–Trinajstić information content (AvgIpc) is 3.03. The van der Waals surface area contributed by atoms with Crippen molar-refractivity contribution in [1.29, 1.82) is 0 Å². The van der Waals surface area contributed by atoms with Gasteiger partial charge < -0.3 is 9.73 Å². The lowest BCUT2D eigenvalue weighted by atomic mass is 10.2. The molecule has 1 aromatic carbocycles. The van der Waals surface area contributed by atoms with Crippen molar-refractivity contribution < 1.29 is 9.21 Å². The molecular weight excluding hydrogens is 292 g/mol. The van der Waals surface area contributed by atoms with Crippen LogP contribution in [0.25, 0.3) is 11.5 Å². The topological polar surface area (TPSA) is 80.9 Å². The number of benzene rings is 1. The van der Waals surface area contributed by atoms with Gasteiger partial charge in [-0.25, -0.2) is 4.98 Å². The molecule has 0 saturated heterocycles. The highest BCUT2D eigenvalue weighted by Crippen LogP contribution is 2.19. The highest BCUT2D eigenvalue weighted by molar-refractivity contribution is 6.29. The molecule has 0 aliphatic carbocycles. The number of amides is 1. The first-order valence-corrected chi connectivity index (χ1v) is 6.40. The molecule has 0 atom stereocenters. The number of hydrogen-bond donors (Lipinski definition) is 1. The van der Waals surface area contributed by atoms with Crippen LogP contribution in [0.1, 0.15) is 10.4 Å². The highest BCUT2D eigenvalue weighted by atomic mass is 35.5. The molecule has 0 radical (unpaired) electrons. The maximum atomic E-state index is 12.0. The lowest BCUT2D eigenvalue weighted by Crippen LogP contribution is -2.11. The average molecular weight is 301 g/mol. The predicted molar refractivity (Wildman–Crippen MR) is 76.9 cm³/mol. The molecule has 0 fully saturated rings. The van der Waals surface area contributed by atoms with Crippen LogP contribution in [-0.4, -0.2) is 21.1 Å². The molecule has 0 aliphatic rings. The minimum absolute atomic E-state index is 0.260. The first-order chi connectivity index (χ1) is 10.2. The molecule has 7 heteroatoms.